The number of carbonyl (C=O) groups is 1. The highest BCUT2D eigenvalue weighted by Crippen LogP contribution is 2.16. The van der Waals surface area contributed by atoms with Crippen molar-refractivity contribution in [3.8, 4) is 0 Å². The van der Waals surface area contributed by atoms with Crippen LogP contribution in [-0.2, 0) is 14.6 Å². The molecule has 7 heteroatoms. The molecule has 0 atom stereocenters. The number of amides is 1. The van der Waals surface area contributed by atoms with E-state index in [1.54, 1.807) is 0 Å². The lowest BCUT2D eigenvalue weighted by Gasteiger charge is -2.26. The Morgan fingerprint density at radius 1 is 1.14 bits per heavy atom. The van der Waals surface area contributed by atoms with Crippen LogP contribution in [0.1, 0.15) is 25.7 Å². The minimum Gasteiger partial charge on any atom is -0.289 e. The maximum absolute atomic E-state index is 12.1. The predicted octanol–water partition coefficient (Wildman–Crippen LogP) is 2.02. The van der Waals surface area contributed by atoms with Gasteiger partial charge in [-0.05, 0) is 37.1 Å². The lowest BCUT2D eigenvalue weighted by molar-refractivity contribution is -0.125. The number of hydrazine groups is 1. The van der Waals surface area contributed by atoms with Crippen LogP contribution in [0.3, 0.4) is 0 Å². The average molecular weight is 331 g/mol. The SMILES string of the molecule is O=C(CCS(=O)(=O)c1ccc(Cl)cc1)NN1CCCCC1. The maximum atomic E-state index is 12.1. The first-order valence-electron chi connectivity index (χ1n) is 7.00. The molecule has 0 aromatic heterocycles. The van der Waals surface area contributed by atoms with Crippen molar-refractivity contribution in [3.05, 3.63) is 29.3 Å². The summed E-state index contributed by atoms with van der Waals surface area (Å²) < 4.78 is 24.2. The smallest absolute Gasteiger partial charge is 0.235 e. The first-order chi connectivity index (χ1) is 9.97. The molecule has 0 saturated carbocycles. The Bertz CT molecular complexity index is 581. The Morgan fingerprint density at radius 2 is 1.76 bits per heavy atom. The molecule has 1 heterocycles. The second-order valence-electron chi connectivity index (χ2n) is 5.11. The zero-order chi connectivity index (χ0) is 15.3. The van der Waals surface area contributed by atoms with E-state index in [4.69, 9.17) is 11.6 Å². The molecule has 2 rings (SSSR count). The van der Waals surface area contributed by atoms with Crippen LogP contribution in [-0.4, -0.2) is 38.2 Å². The van der Waals surface area contributed by atoms with Gasteiger partial charge in [-0.3, -0.25) is 10.2 Å². The highest BCUT2D eigenvalue weighted by atomic mass is 35.5. The highest BCUT2D eigenvalue weighted by molar-refractivity contribution is 7.91. The third-order valence-electron chi connectivity index (χ3n) is 3.41. The first kappa shape index (κ1) is 16.3. The van der Waals surface area contributed by atoms with Gasteiger partial charge in [-0.1, -0.05) is 18.0 Å². The van der Waals surface area contributed by atoms with Gasteiger partial charge in [0, 0.05) is 24.5 Å². The Labute approximate surface area is 130 Å². The van der Waals surface area contributed by atoms with E-state index < -0.39 is 9.84 Å². The van der Waals surface area contributed by atoms with E-state index >= 15 is 0 Å². The topological polar surface area (TPSA) is 66.5 Å². The van der Waals surface area contributed by atoms with Crippen molar-refractivity contribution in [1.29, 1.82) is 0 Å². The summed E-state index contributed by atoms with van der Waals surface area (Å²) in [6.07, 6.45) is 3.26. The maximum Gasteiger partial charge on any atom is 0.235 e. The average Bonchev–Trinajstić information content (AvgIpc) is 2.47. The fourth-order valence-electron chi connectivity index (χ4n) is 2.22. The van der Waals surface area contributed by atoms with Crippen LogP contribution in [0.2, 0.25) is 5.02 Å². The summed E-state index contributed by atoms with van der Waals surface area (Å²) in [4.78, 5) is 12.0. The zero-order valence-electron chi connectivity index (χ0n) is 11.7. The summed E-state index contributed by atoms with van der Waals surface area (Å²) in [6, 6.07) is 5.98. The van der Waals surface area contributed by atoms with Gasteiger partial charge in [0.05, 0.1) is 10.6 Å². The summed E-state index contributed by atoms with van der Waals surface area (Å²) in [5.41, 5.74) is 2.76. The number of sulfone groups is 1. The molecule has 0 unspecified atom stereocenters. The van der Waals surface area contributed by atoms with Crippen LogP contribution in [0.4, 0.5) is 0 Å². The van der Waals surface area contributed by atoms with E-state index in [2.05, 4.69) is 5.43 Å². The largest absolute Gasteiger partial charge is 0.289 e. The fraction of sp³-hybridized carbons (Fsp3) is 0.500. The van der Waals surface area contributed by atoms with Gasteiger partial charge in [-0.25, -0.2) is 13.4 Å². The molecule has 0 spiro atoms. The molecular weight excluding hydrogens is 312 g/mol. The molecule has 0 aliphatic carbocycles. The van der Waals surface area contributed by atoms with E-state index in [1.165, 1.54) is 30.7 Å². The van der Waals surface area contributed by atoms with E-state index in [0.29, 0.717) is 5.02 Å². The van der Waals surface area contributed by atoms with Gasteiger partial charge in [0.15, 0.2) is 9.84 Å². The second-order valence-corrected chi connectivity index (χ2v) is 7.65. The predicted molar refractivity (Wildman–Crippen MR) is 81.7 cm³/mol. The summed E-state index contributed by atoms with van der Waals surface area (Å²) in [6.45, 7) is 1.66. The molecule has 1 aromatic carbocycles. The number of piperidine rings is 1. The molecule has 116 valence electrons. The number of benzene rings is 1. The van der Waals surface area contributed by atoms with Gasteiger partial charge in [-0.15, -0.1) is 0 Å². The van der Waals surface area contributed by atoms with Crippen LogP contribution in [0.25, 0.3) is 0 Å². The number of halogens is 1. The lowest BCUT2D eigenvalue weighted by atomic mass is 10.2. The second kappa shape index (κ2) is 7.24. The van der Waals surface area contributed by atoms with Gasteiger partial charge in [0.2, 0.25) is 5.91 Å². The van der Waals surface area contributed by atoms with Crippen molar-refractivity contribution in [2.45, 2.75) is 30.6 Å². The van der Waals surface area contributed by atoms with Crippen LogP contribution >= 0.6 is 11.6 Å². The molecule has 1 aromatic rings. The Morgan fingerprint density at radius 3 is 2.38 bits per heavy atom. The van der Waals surface area contributed by atoms with E-state index in [9.17, 15) is 13.2 Å². The standard InChI is InChI=1S/C14H19ClN2O3S/c15-12-4-6-13(7-5-12)21(19,20)11-8-14(18)16-17-9-2-1-3-10-17/h4-7H,1-3,8-11H2,(H,16,18). The monoisotopic (exact) mass is 330 g/mol. The van der Waals surface area contributed by atoms with Gasteiger partial charge >= 0.3 is 0 Å². The van der Waals surface area contributed by atoms with Gasteiger partial charge in [0.25, 0.3) is 0 Å². The summed E-state index contributed by atoms with van der Waals surface area (Å²) in [5.74, 6) is -0.455. The number of carbonyl (C=O) groups excluding carboxylic acids is 1. The van der Waals surface area contributed by atoms with Crippen LogP contribution in [0.15, 0.2) is 29.2 Å². The summed E-state index contributed by atoms with van der Waals surface area (Å²) >= 11 is 5.73. The van der Waals surface area contributed by atoms with E-state index in [1.807, 2.05) is 5.01 Å². The highest BCUT2D eigenvalue weighted by Gasteiger charge is 2.18. The number of hydrogen-bond donors (Lipinski definition) is 1. The van der Waals surface area contributed by atoms with Crippen molar-refractivity contribution in [2.24, 2.45) is 0 Å². The van der Waals surface area contributed by atoms with Crippen molar-refractivity contribution in [3.63, 3.8) is 0 Å². The Hall–Kier alpha value is -1.11. The minimum atomic E-state index is -3.45. The first-order valence-corrected chi connectivity index (χ1v) is 9.03. The van der Waals surface area contributed by atoms with Crippen molar-refractivity contribution < 1.29 is 13.2 Å². The number of rotatable bonds is 5. The molecule has 1 amide bonds. The van der Waals surface area contributed by atoms with Crippen LogP contribution < -0.4 is 5.43 Å². The van der Waals surface area contributed by atoms with Crippen LogP contribution in [0, 0.1) is 0 Å². The third kappa shape index (κ3) is 4.98. The summed E-state index contributed by atoms with van der Waals surface area (Å²) in [7, 11) is -3.45. The molecule has 21 heavy (non-hydrogen) atoms. The molecule has 1 aliphatic rings. The molecule has 1 fully saturated rings. The third-order valence-corrected chi connectivity index (χ3v) is 5.39. The minimum absolute atomic E-state index is 0.0402. The molecule has 1 aliphatic heterocycles. The zero-order valence-corrected chi connectivity index (χ0v) is 13.3. The van der Waals surface area contributed by atoms with Crippen molar-refractivity contribution in [1.82, 2.24) is 10.4 Å². The Balaban J connectivity index is 1.86. The van der Waals surface area contributed by atoms with Gasteiger partial charge in [0.1, 0.15) is 0 Å². The lowest BCUT2D eigenvalue weighted by Crippen LogP contribution is -2.45. The van der Waals surface area contributed by atoms with Crippen molar-refractivity contribution in [2.75, 3.05) is 18.8 Å². The number of nitrogens with zero attached hydrogens (tertiary/aromatic N) is 1. The fourth-order valence-corrected chi connectivity index (χ4v) is 3.59. The normalized spacial score (nSPS) is 16.6. The van der Waals surface area contributed by atoms with E-state index in [0.717, 1.165) is 25.9 Å². The van der Waals surface area contributed by atoms with Crippen LogP contribution in [0.5, 0.6) is 0 Å². The molecule has 5 nitrogen and oxygen atoms in total. The van der Waals surface area contributed by atoms with Gasteiger partial charge in [-0.2, -0.15) is 0 Å². The molecule has 1 N–H and O–H groups in total. The number of hydrogen-bond acceptors (Lipinski definition) is 4. The van der Waals surface area contributed by atoms with Crippen molar-refractivity contribution >= 4 is 27.3 Å². The molecule has 0 radical (unpaired) electrons. The van der Waals surface area contributed by atoms with Gasteiger partial charge < -0.3 is 0 Å². The molecular formula is C14H19ClN2O3S. The van der Waals surface area contributed by atoms with E-state index in [-0.39, 0.29) is 23.0 Å². The molecule has 1 saturated heterocycles. The Kier molecular flexibility index (Phi) is 5.61. The summed E-state index contributed by atoms with van der Waals surface area (Å²) in [5, 5.41) is 2.34. The molecule has 0 bridgehead atoms. The number of nitrogens with one attached hydrogen (secondary N) is 1. The quantitative estimate of drug-likeness (QED) is 0.897.